The van der Waals surface area contributed by atoms with E-state index in [0.29, 0.717) is 23.6 Å². The van der Waals surface area contributed by atoms with Crippen molar-refractivity contribution < 1.29 is 19.4 Å². The summed E-state index contributed by atoms with van der Waals surface area (Å²) in [6.45, 7) is 1.86. The van der Waals surface area contributed by atoms with Gasteiger partial charge in [0.15, 0.2) is 11.5 Å². The van der Waals surface area contributed by atoms with Crippen LogP contribution in [0.3, 0.4) is 0 Å². The molecule has 112 valence electrons. The van der Waals surface area contributed by atoms with Crippen molar-refractivity contribution in [1.82, 2.24) is 15.0 Å². The quantitative estimate of drug-likeness (QED) is 0.870. The van der Waals surface area contributed by atoms with Crippen LogP contribution in [0.5, 0.6) is 11.5 Å². The van der Waals surface area contributed by atoms with Gasteiger partial charge in [-0.2, -0.15) is 0 Å². The van der Waals surface area contributed by atoms with Crippen LogP contribution in [0, 0.1) is 6.92 Å². The molecule has 0 fully saturated rings. The van der Waals surface area contributed by atoms with E-state index in [-0.39, 0.29) is 6.42 Å². The first-order valence-corrected chi connectivity index (χ1v) is 6.42. The fourth-order valence-electron chi connectivity index (χ4n) is 2.02. The molecule has 0 saturated carbocycles. The van der Waals surface area contributed by atoms with Crippen molar-refractivity contribution in [3.63, 3.8) is 0 Å². The van der Waals surface area contributed by atoms with Crippen molar-refractivity contribution in [2.75, 3.05) is 14.2 Å². The Morgan fingerprint density at radius 2 is 2.00 bits per heavy atom. The summed E-state index contributed by atoms with van der Waals surface area (Å²) < 4.78 is 12.1. The second-order valence-corrected chi connectivity index (χ2v) is 4.47. The van der Waals surface area contributed by atoms with Gasteiger partial charge in [0.1, 0.15) is 0 Å². The molecule has 0 atom stereocenters. The molecule has 0 aliphatic carbocycles. The topological polar surface area (TPSA) is 86.5 Å². The molecule has 1 aromatic heterocycles. The molecule has 0 radical (unpaired) electrons. The minimum absolute atomic E-state index is 0.0332. The minimum atomic E-state index is -0.852. The molecule has 1 aromatic carbocycles. The maximum atomic E-state index is 10.6. The van der Waals surface area contributed by atoms with Crippen molar-refractivity contribution in [3.05, 3.63) is 29.6 Å². The molecule has 0 spiro atoms. The van der Waals surface area contributed by atoms with E-state index < -0.39 is 5.97 Å². The molecular weight excluding hydrogens is 274 g/mol. The lowest BCUT2D eigenvalue weighted by Crippen LogP contribution is -2.02. The Morgan fingerprint density at radius 1 is 1.29 bits per heavy atom. The molecule has 21 heavy (non-hydrogen) atoms. The maximum Gasteiger partial charge on any atom is 0.303 e. The van der Waals surface area contributed by atoms with Crippen molar-refractivity contribution >= 4 is 5.97 Å². The third kappa shape index (κ3) is 3.13. The summed E-state index contributed by atoms with van der Waals surface area (Å²) in [6.07, 6.45) is 0.389. The predicted octanol–water partition coefficient (Wildman–Crippen LogP) is 1.61. The van der Waals surface area contributed by atoms with Crippen LogP contribution in [0.15, 0.2) is 18.2 Å². The Balaban J connectivity index is 2.32. The molecule has 0 saturated heterocycles. The molecule has 0 unspecified atom stereocenters. The average molecular weight is 291 g/mol. The number of benzene rings is 1. The molecule has 2 aromatic rings. The van der Waals surface area contributed by atoms with Gasteiger partial charge >= 0.3 is 5.97 Å². The molecule has 7 nitrogen and oxygen atoms in total. The number of nitrogens with zero attached hydrogens (tertiary/aromatic N) is 3. The second kappa shape index (κ2) is 6.25. The Kier molecular flexibility index (Phi) is 4.42. The highest BCUT2D eigenvalue weighted by Crippen LogP contribution is 2.29. The normalized spacial score (nSPS) is 10.4. The average Bonchev–Trinajstić information content (AvgIpc) is 2.85. The van der Waals surface area contributed by atoms with Crippen molar-refractivity contribution in [2.24, 2.45) is 0 Å². The Hall–Kier alpha value is -2.57. The summed E-state index contributed by atoms with van der Waals surface area (Å²) in [6, 6.07) is 5.41. The van der Waals surface area contributed by atoms with Gasteiger partial charge in [0.05, 0.1) is 37.7 Å². The molecule has 0 amide bonds. The Labute approximate surface area is 122 Å². The zero-order valence-corrected chi connectivity index (χ0v) is 12.2. The van der Waals surface area contributed by atoms with Crippen LogP contribution >= 0.6 is 0 Å². The van der Waals surface area contributed by atoms with Crippen molar-refractivity contribution in [3.8, 4) is 17.2 Å². The standard InChI is InChI=1S/C14H17N3O4/c1-9-11(5-7-14(18)19)15-16-17(9)10-4-6-12(20-2)13(8-10)21-3/h4,6,8H,5,7H2,1-3H3,(H,18,19). The lowest BCUT2D eigenvalue weighted by Gasteiger charge is -2.10. The van der Waals surface area contributed by atoms with E-state index in [1.807, 2.05) is 13.0 Å². The molecule has 0 bridgehead atoms. The molecular formula is C14H17N3O4. The summed E-state index contributed by atoms with van der Waals surface area (Å²) in [5, 5.41) is 16.8. The maximum absolute atomic E-state index is 10.6. The van der Waals surface area contributed by atoms with Gasteiger partial charge in [-0.05, 0) is 19.1 Å². The number of aryl methyl sites for hydroxylation is 1. The van der Waals surface area contributed by atoms with Gasteiger partial charge < -0.3 is 14.6 Å². The van der Waals surface area contributed by atoms with Gasteiger partial charge in [0.2, 0.25) is 0 Å². The van der Waals surface area contributed by atoms with E-state index in [4.69, 9.17) is 14.6 Å². The van der Waals surface area contributed by atoms with Gasteiger partial charge in [-0.3, -0.25) is 4.79 Å². The van der Waals surface area contributed by atoms with Crippen LogP contribution in [0.2, 0.25) is 0 Å². The fraction of sp³-hybridized carbons (Fsp3) is 0.357. The third-order valence-corrected chi connectivity index (χ3v) is 3.18. The monoisotopic (exact) mass is 291 g/mol. The predicted molar refractivity (Wildman–Crippen MR) is 75.2 cm³/mol. The highest BCUT2D eigenvalue weighted by molar-refractivity contribution is 5.67. The van der Waals surface area contributed by atoms with E-state index in [0.717, 1.165) is 11.4 Å². The van der Waals surface area contributed by atoms with Crippen LogP contribution < -0.4 is 9.47 Å². The van der Waals surface area contributed by atoms with E-state index in [1.54, 1.807) is 31.0 Å². The second-order valence-electron chi connectivity index (χ2n) is 4.47. The van der Waals surface area contributed by atoms with E-state index >= 15 is 0 Å². The van der Waals surface area contributed by atoms with Crippen molar-refractivity contribution in [2.45, 2.75) is 19.8 Å². The zero-order chi connectivity index (χ0) is 15.4. The largest absolute Gasteiger partial charge is 0.493 e. The number of hydrogen-bond acceptors (Lipinski definition) is 5. The SMILES string of the molecule is COc1ccc(-n2nnc(CCC(=O)O)c2C)cc1OC. The number of carbonyl (C=O) groups is 1. The minimum Gasteiger partial charge on any atom is -0.493 e. The lowest BCUT2D eigenvalue weighted by atomic mass is 10.2. The number of carboxylic acids is 1. The molecule has 0 aliphatic rings. The summed E-state index contributed by atoms with van der Waals surface area (Å²) in [5.74, 6) is 0.372. The van der Waals surface area contributed by atoms with Crippen LogP contribution in [0.4, 0.5) is 0 Å². The number of hydrogen-bond donors (Lipinski definition) is 1. The van der Waals surface area contributed by atoms with Gasteiger partial charge in [-0.1, -0.05) is 5.21 Å². The molecule has 7 heteroatoms. The summed E-state index contributed by atoms with van der Waals surface area (Å²) in [5.41, 5.74) is 2.26. The number of ether oxygens (including phenoxy) is 2. The van der Waals surface area contributed by atoms with Crippen LogP contribution in [0.1, 0.15) is 17.8 Å². The van der Waals surface area contributed by atoms with Crippen LogP contribution in [0.25, 0.3) is 5.69 Å². The zero-order valence-electron chi connectivity index (χ0n) is 12.2. The van der Waals surface area contributed by atoms with Gasteiger partial charge in [-0.15, -0.1) is 5.10 Å². The first-order chi connectivity index (χ1) is 10.1. The smallest absolute Gasteiger partial charge is 0.303 e. The molecule has 2 rings (SSSR count). The first kappa shape index (κ1) is 14.8. The van der Waals surface area contributed by atoms with Crippen molar-refractivity contribution in [1.29, 1.82) is 0 Å². The number of carboxylic acid groups (broad SMARTS) is 1. The Morgan fingerprint density at radius 3 is 2.62 bits per heavy atom. The molecule has 0 aliphatic heterocycles. The van der Waals surface area contributed by atoms with E-state index in [9.17, 15) is 4.79 Å². The van der Waals surface area contributed by atoms with E-state index in [2.05, 4.69) is 10.3 Å². The van der Waals surface area contributed by atoms with Gasteiger partial charge in [-0.25, -0.2) is 4.68 Å². The van der Waals surface area contributed by atoms with Crippen LogP contribution in [-0.2, 0) is 11.2 Å². The summed E-state index contributed by atoms with van der Waals surface area (Å²) in [4.78, 5) is 10.6. The third-order valence-electron chi connectivity index (χ3n) is 3.18. The Bertz CT molecular complexity index is 652. The van der Waals surface area contributed by atoms with Gasteiger partial charge in [0.25, 0.3) is 0 Å². The lowest BCUT2D eigenvalue weighted by molar-refractivity contribution is -0.136. The fourth-order valence-corrected chi connectivity index (χ4v) is 2.02. The van der Waals surface area contributed by atoms with Crippen LogP contribution in [-0.4, -0.2) is 40.3 Å². The number of aromatic nitrogens is 3. The molecule has 1 N–H and O–H groups in total. The van der Waals surface area contributed by atoms with Gasteiger partial charge in [0, 0.05) is 12.5 Å². The molecule has 1 heterocycles. The summed E-state index contributed by atoms with van der Waals surface area (Å²) >= 11 is 0. The van der Waals surface area contributed by atoms with E-state index in [1.165, 1.54) is 0 Å². The summed E-state index contributed by atoms with van der Waals surface area (Å²) in [7, 11) is 3.14. The number of aliphatic carboxylic acids is 1. The number of methoxy groups -OCH3 is 2. The highest BCUT2D eigenvalue weighted by atomic mass is 16.5. The first-order valence-electron chi connectivity index (χ1n) is 6.42. The number of rotatable bonds is 6. The highest BCUT2D eigenvalue weighted by Gasteiger charge is 2.13.